The summed E-state index contributed by atoms with van der Waals surface area (Å²) in [5.74, 6) is -0.854. The average Bonchev–Trinajstić information content (AvgIpc) is 3.47. The van der Waals surface area contributed by atoms with Crippen molar-refractivity contribution in [2.24, 2.45) is 20.0 Å². The second-order valence-electron chi connectivity index (χ2n) is 9.06. The molecular weight excluding hydrogens is 477 g/mol. The predicted molar refractivity (Wildman–Crippen MR) is 127 cm³/mol. The first-order chi connectivity index (χ1) is 16.6. The van der Waals surface area contributed by atoms with Gasteiger partial charge in [0.2, 0.25) is 0 Å². The van der Waals surface area contributed by atoms with Crippen LogP contribution in [0.25, 0.3) is 43.8 Å². The van der Waals surface area contributed by atoms with E-state index in [1.807, 2.05) is 25.4 Å². The van der Waals surface area contributed by atoms with E-state index in [1.54, 1.807) is 34.9 Å². The van der Waals surface area contributed by atoms with Crippen LogP contribution >= 0.6 is 11.3 Å². The van der Waals surface area contributed by atoms with Crippen molar-refractivity contribution in [1.82, 2.24) is 29.5 Å². The Bertz CT molecular complexity index is 1580. The van der Waals surface area contributed by atoms with Crippen molar-refractivity contribution >= 4 is 32.6 Å². The number of thiophene rings is 1. The molecular formula is C24H21F3N6OS. The zero-order valence-corrected chi connectivity index (χ0v) is 19.7. The van der Waals surface area contributed by atoms with Crippen molar-refractivity contribution in [3.05, 3.63) is 47.7 Å². The number of hydrogen-bond donors (Lipinski definition) is 1. The molecule has 1 fully saturated rings. The Balaban J connectivity index is 1.59. The number of hydrogen-bond acceptors (Lipinski definition) is 6. The van der Waals surface area contributed by atoms with Crippen LogP contribution in [0.5, 0.6) is 0 Å². The van der Waals surface area contributed by atoms with E-state index in [-0.39, 0.29) is 4.88 Å². The van der Waals surface area contributed by atoms with Crippen molar-refractivity contribution in [3.8, 4) is 22.5 Å². The summed E-state index contributed by atoms with van der Waals surface area (Å²) < 4.78 is 46.0. The van der Waals surface area contributed by atoms with Gasteiger partial charge in [0.15, 0.2) is 11.2 Å². The maximum absolute atomic E-state index is 14.2. The van der Waals surface area contributed by atoms with Crippen LogP contribution in [0.4, 0.5) is 13.2 Å². The molecule has 6 rings (SSSR count). The van der Waals surface area contributed by atoms with Gasteiger partial charge < -0.3 is 5.11 Å². The largest absolute Gasteiger partial charge is 0.422 e. The molecule has 0 aliphatic heterocycles. The molecule has 1 saturated carbocycles. The summed E-state index contributed by atoms with van der Waals surface area (Å²) in [6.45, 7) is 0. The molecule has 11 heteroatoms. The van der Waals surface area contributed by atoms with Gasteiger partial charge in [-0.15, -0.1) is 11.3 Å². The van der Waals surface area contributed by atoms with Gasteiger partial charge in [0.05, 0.1) is 11.4 Å². The first-order valence-corrected chi connectivity index (χ1v) is 12.0. The first kappa shape index (κ1) is 22.2. The second-order valence-corrected chi connectivity index (χ2v) is 10.1. The highest BCUT2D eigenvalue weighted by atomic mass is 32.1. The minimum absolute atomic E-state index is 0.126. The molecule has 0 bridgehead atoms. The lowest BCUT2D eigenvalue weighted by Crippen LogP contribution is -2.50. The summed E-state index contributed by atoms with van der Waals surface area (Å²) in [6.07, 6.45) is 1.72. The van der Waals surface area contributed by atoms with Gasteiger partial charge in [-0.05, 0) is 37.1 Å². The van der Waals surface area contributed by atoms with Crippen molar-refractivity contribution in [3.63, 3.8) is 0 Å². The number of aliphatic hydroxyl groups is 1. The fourth-order valence-corrected chi connectivity index (χ4v) is 6.02. The van der Waals surface area contributed by atoms with E-state index in [9.17, 15) is 18.3 Å². The SMILES string of the molecule is Cn1cc2cc(-c3cc(-c4ccnn4C)c4cc([C@@](O)(C5CCC5)C(F)(F)F)sc4n3)cnc2n1. The minimum Gasteiger partial charge on any atom is -0.375 e. The monoisotopic (exact) mass is 498 g/mol. The molecule has 5 aromatic rings. The van der Waals surface area contributed by atoms with Crippen LogP contribution in [0.1, 0.15) is 24.1 Å². The van der Waals surface area contributed by atoms with Gasteiger partial charge in [-0.2, -0.15) is 23.4 Å². The Labute approximate surface area is 201 Å². The highest BCUT2D eigenvalue weighted by Gasteiger charge is 2.61. The van der Waals surface area contributed by atoms with Crippen molar-refractivity contribution in [2.45, 2.75) is 31.0 Å². The maximum Gasteiger partial charge on any atom is 0.422 e. The van der Waals surface area contributed by atoms with Gasteiger partial charge >= 0.3 is 6.18 Å². The maximum atomic E-state index is 14.2. The average molecular weight is 499 g/mol. The number of fused-ring (bicyclic) bond motifs is 2. The fraction of sp³-hybridized carbons (Fsp3) is 0.333. The van der Waals surface area contributed by atoms with E-state index in [4.69, 9.17) is 4.98 Å². The van der Waals surface area contributed by atoms with Crippen LogP contribution in [0.2, 0.25) is 0 Å². The molecule has 7 nitrogen and oxygen atoms in total. The third-order valence-electron chi connectivity index (χ3n) is 6.88. The summed E-state index contributed by atoms with van der Waals surface area (Å²) in [7, 11) is 3.58. The quantitative estimate of drug-likeness (QED) is 0.369. The van der Waals surface area contributed by atoms with Crippen molar-refractivity contribution in [2.75, 3.05) is 0 Å². The summed E-state index contributed by atoms with van der Waals surface area (Å²) in [5.41, 5.74) is 0.416. The number of pyridine rings is 2. The Hall–Kier alpha value is -3.31. The Morgan fingerprint density at radius 2 is 1.94 bits per heavy atom. The smallest absolute Gasteiger partial charge is 0.375 e. The molecule has 35 heavy (non-hydrogen) atoms. The number of nitrogens with zero attached hydrogens (tertiary/aromatic N) is 6. The van der Waals surface area contributed by atoms with E-state index >= 15 is 0 Å². The number of rotatable bonds is 4. The molecule has 0 radical (unpaired) electrons. The third kappa shape index (κ3) is 3.36. The molecule has 180 valence electrons. The summed E-state index contributed by atoms with van der Waals surface area (Å²) in [5, 5.41) is 21.0. The summed E-state index contributed by atoms with van der Waals surface area (Å²) in [4.78, 5) is 9.43. The topological polar surface area (TPSA) is 81.7 Å². The van der Waals surface area contributed by atoms with Crippen molar-refractivity contribution < 1.29 is 18.3 Å². The van der Waals surface area contributed by atoms with Crippen molar-refractivity contribution in [1.29, 1.82) is 0 Å². The zero-order chi connectivity index (χ0) is 24.5. The van der Waals surface area contributed by atoms with Gasteiger partial charge in [0, 0.05) is 65.4 Å². The fourth-order valence-electron chi connectivity index (χ4n) is 4.77. The Morgan fingerprint density at radius 3 is 2.60 bits per heavy atom. The first-order valence-electron chi connectivity index (χ1n) is 11.2. The standard InChI is InChI=1S/C24H21F3N6OS/c1-32-12-14-8-13(11-28-21(14)31-32)18-9-16(19-6-7-29-33(19)2)17-10-20(35-22(17)30-18)23(34,24(25,26)27)15-4-3-5-15/h6-12,15,34H,3-5H2,1-2H3/t23-/m0/s1. The van der Waals surface area contributed by atoms with Gasteiger partial charge in [0.25, 0.3) is 0 Å². The van der Waals surface area contributed by atoms with Gasteiger partial charge in [-0.1, -0.05) is 6.42 Å². The lowest BCUT2D eigenvalue weighted by molar-refractivity contribution is -0.294. The zero-order valence-electron chi connectivity index (χ0n) is 18.9. The van der Waals surface area contributed by atoms with E-state index in [2.05, 4.69) is 15.2 Å². The number of aryl methyl sites for hydroxylation is 2. The highest BCUT2D eigenvalue weighted by molar-refractivity contribution is 7.18. The molecule has 0 unspecified atom stereocenters. The third-order valence-corrected chi connectivity index (χ3v) is 8.03. The number of alkyl halides is 3. The van der Waals surface area contributed by atoms with Crippen LogP contribution < -0.4 is 0 Å². The number of halogens is 3. The number of aromatic nitrogens is 6. The molecule has 1 aliphatic rings. The lowest BCUT2D eigenvalue weighted by Gasteiger charge is -2.41. The van der Waals surface area contributed by atoms with E-state index in [1.165, 1.54) is 6.07 Å². The van der Waals surface area contributed by atoms with Crippen LogP contribution in [0.15, 0.2) is 42.9 Å². The summed E-state index contributed by atoms with van der Waals surface area (Å²) in [6, 6.07) is 7.00. The molecule has 0 amide bonds. The van der Waals surface area contributed by atoms with E-state index in [0.29, 0.717) is 46.4 Å². The Morgan fingerprint density at radius 1 is 1.14 bits per heavy atom. The van der Waals surface area contributed by atoms with Gasteiger partial charge in [-0.25, -0.2) is 9.97 Å². The molecule has 5 aromatic heterocycles. The molecule has 5 heterocycles. The van der Waals surface area contributed by atoms with Crippen LogP contribution in [-0.4, -0.2) is 40.8 Å². The van der Waals surface area contributed by atoms with Gasteiger partial charge in [-0.3, -0.25) is 9.36 Å². The predicted octanol–water partition coefficient (Wildman–Crippen LogP) is 5.20. The second kappa shape index (κ2) is 7.59. The van der Waals surface area contributed by atoms with E-state index < -0.39 is 17.7 Å². The lowest BCUT2D eigenvalue weighted by atomic mass is 9.71. The normalized spacial score (nSPS) is 16.6. The molecule has 0 aromatic carbocycles. The van der Waals surface area contributed by atoms with E-state index in [0.717, 1.165) is 28.0 Å². The van der Waals surface area contributed by atoms with Crippen LogP contribution in [0, 0.1) is 5.92 Å². The minimum atomic E-state index is -4.79. The Kier molecular flexibility index (Phi) is 4.81. The molecule has 0 spiro atoms. The molecule has 0 saturated heterocycles. The molecule has 1 atom stereocenters. The molecule has 1 N–H and O–H groups in total. The molecule has 1 aliphatic carbocycles. The van der Waals surface area contributed by atoms with Crippen LogP contribution in [-0.2, 0) is 19.7 Å². The highest BCUT2D eigenvalue weighted by Crippen LogP contribution is 2.54. The van der Waals surface area contributed by atoms with Crippen LogP contribution in [0.3, 0.4) is 0 Å². The summed E-state index contributed by atoms with van der Waals surface area (Å²) >= 11 is 0.895. The van der Waals surface area contributed by atoms with Gasteiger partial charge in [0.1, 0.15) is 4.83 Å².